The van der Waals surface area contributed by atoms with Gasteiger partial charge >= 0.3 is 5.97 Å². The summed E-state index contributed by atoms with van der Waals surface area (Å²) in [6.07, 6.45) is 7.37. The van der Waals surface area contributed by atoms with E-state index in [-0.39, 0.29) is 29.8 Å². The summed E-state index contributed by atoms with van der Waals surface area (Å²) in [5, 5.41) is 20.6. The molecule has 0 amide bonds. The summed E-state index contributed by atoms with van der Waals surface area (Å²) in [6.45, 7) is 2.30. The molecule has 2 aliphatic rings. The predicted octanol–water partition coefficient (Wildman–Crippen LogP) is 4.21. The molecule has 1 fully saturated rings. The first kappa shape index (κ1) is 20.6. The van der Waals surface area contributed by atoms with Crippen molar-refractivity contribution in [2.24, 2.45) is 23.2 Å². The number of aliphatic hydroxyl groups is 2. The molecule has 4 rings (SSSR count). The van der Waals surface area contributed by atoms with Crippen molar-refractivity contribution in [2.75, 3.05) is 0 Å². The Bertz CT molecular complexity index is 919. The normalized spacial score (nSPS) is 30.1. The highest BCUT2D eigenvalue weighted by Gasteiger charge is 2.62. The molecule has 4 heteroatoms. The van der Waals surface area contributed by atoms with Crippen LogP contribution in [0.5, 0.6) is 0 Å². The maximum Gasteiger partial charge on any atom is 0.310 e. The Morgan fingerprint density at radius 2 is 1.73 bits per heavy atom. The van der Waals surface area contributed by atoms with Gasteiger partial charge in [0.15, 0.2) is 6.29 Å². The molecule has 0 aromatic heterocycles. The highest BCUT2D eigenvalue weighted by atomic mass is 16.5. The van der Waals surface area contributed by atoms with E-state index in [9.17, 15) is 15.0 Å². The van der Waals surface area contributed by atoms with Crippen molar-refractivity contribution >= 4 is 5.97 Å². The van der Waals surface area contributed by atoms with Crippen molar-refractivity contribution in [3.63, 3.8) is 0 Å². The van der Waals surface area contributed by atoms with E-state index in [2.05, 4.69) is 19.1 Å². The molecule has 156 valence electrons. The average Bonchev–Trinajstić information content (AvgIpc) is 2.73. The Morgan fingerprint density at radius 3 is 2.33 bits per heavy atom. The van der Waals surface area contributed by atoms with Crippen molar-refractivity contribution < 1.29 is 19.7 Å². The van der Waals surface area contributed by atoms with Crippen LogP contribution in [-0.2, 0) is 16.1 Å². The van der Waals surface area contributed by atoms with Crippen LogP contribution in [0.2, 0.25) is 0 Å². The fourth-order valence-electron chi connectivity index (χ4n) is 5.21. The molecule has 0 bridgehead atoms. The molecule has 1 unspecified atom stereocenters. The number of rotatable bonds is 6. The molecule has 2 aromatic rings. The van der Waals surface area contributed by atoms with Gasteiger partial charge in [-0.25, -0.2) is 0 Å². The van der Waals surface area contributed by atoms with Crippen LogP contribution in [0.4, 0.5) is 0 Å². The minimum atomic E-state index is -1.51. The molecule has 1 saturated carbocycles. The lowest BCUT2D eigenvalue weighted by Gasteiger charge is -2.58. The zero-order valence-corrected chi connectivity index (χ0v) is 17.1. The van der Waals surface area contributed by atoms with Gasteiger partial charge in [-0.15, -0.1) is 0 Å². The van der Waals surface area contributed by atoms with Gasteiger partial charge in [0.05, 0.1) is 5.92 Å². The lowest BCUT2D eigenvalue weighted by atomic mass is 9.46. The molecule has 0 heterocycles. The number of aliphatic hydroxyl groups excluding tert-OH is 1. The monoisotopic (exact) mass is 404 g/mol. The third kappa shape index (κ3) is 3.85. The Morgan fingerprint density at radius 1 is 1.07 bits per heavy atom. The van der Waals surface area contributed by atoms with Gasteiger partial charge in [0, 0.05) is 11.8 Å². The summed E-state index contributed by atoms with van der Waals surface area (Å²) in [6, 6.07) is 19.3. The molecular weight excluding hydrogens is 376 g/mol. The largest absolute Gasteiger partial charge is 0.461 e. The molecule has 2 aromatic carbocycles. The molecule has 0 spiro atoms. The summed E-state index contributed by atoms with van der Waals surface area (Å²) < 4.78 is 5.73. The summed E-state index contributed by atoms with van der Waals surface area (Å²) in [5.74, 6) is -1.69. The van der Waals surface area contributed by atoms with Crippen molar-refractivity contribution in [3.8, 4) is 0 Å². The van der Waals surface area contributed by atoms with Crippen LogP contribution < -0.4 is 0 Å². The second-order valence-electron chi connectivity index (χ2n) is 8.57. The van der Waals surface area contributed by atoms with Gasteiger partial charge in [-0.05, 0) is 28.9 Å². The van der Waals surface area contributed by atoms with Gasteiger partial charge in [-0.1, -0.05) is 91.9 Å². The third-order valence-electron chi connectivity index (χ3n) is 6.67. The second kappa shape index (κ2) is 8.58. The van der Waals surface area contributed by atoms with E-state index < -0.39 is 18.1 Å². The van der Waals surface area contributed by atoms with Crippen molar-refractivity contribution in [1.82, 2.24) is 0 Å². The Labute approximate surface area is 177 Å². The number of hydrogen-bond acceptors (Lipinski definition) is 4. The van der Waals surface area contributed by atoms with Crippen LogP contribution in [0.25, 0.3) is 0 Å². The maximum absolute atomic E-state index is 13.3. The van der Waals surface area contributed by atoms with Crippen LogP contribution in [0.1, 0.15) is 30.4 Å². The number of allylic oxidation sites excluding steroid dienone is 4. The molecule has 0 radical (unpaired) electrons. The van der Waals surface area contributed by atoms with E-state index in [1.54, 1.807) is 0 Å². The minimum absolute atomic E-state index is 0.212. The Balaban J connectivity index is 1.65. The third-order valence-corrected chi connectivity index (χ3v) is 6.67. The van der Waals surface area contributed by atoms with E-state index >= 15 is 0 Å². The number of benzene rings is 2. The van der Waals surface area contributed by atoms with E-state index in [1.807, 2.05) is 72.8 Å². The van der Waals surface area contributed by atoms with Gasteiger partial charge in [-0.3, -0.25) is 4.79 Å². The molecule has 5 atom stereocenters. The highest BCUT2D eigenvalue weighted by Crippen LogP contribution is 2.62. The number of carbonyl (C=O) groups excluding carboxylic acids is 1. The highest BCUT2D eigenvalue weighted by molar-refractivity contribution is 5.76. The standard InChI is InChI=1S/C26H28O4/c1-26(15-9-4-10-16-26)23-21(24(27)28)20(19-13-7-3-8-14-19)22(23)25(29)30-17-18-11-5-2-6-12-18/h2-15,20-24,27-28H,16-17H2,1H3/t20-,21+,22+,23-,26?/m1/s1. The summed E-state index contributed by atoms with van der Waals surface area (Å²) in [7, 11) is 0. The first-order valence-corrected chi connectivity index (χ1v) is 10.5. The fraction of sp³-hybridized carbons (Fsp3) is 0.346. The average molecular weight is 405 g/mol. The quantitative estimate of drug-likeness (QED) is 0.559. The van der Waals surface area contributed by atoms with E-state index in [1.165, 1.54) is 0 Å². The molecular formula is C26H28O4. The Kier molecular flexibility index (Phi) is 5.89. The van der Waals surface area contributed by atoms with E-state index in [4.69, 9.17) is 4.74 Å². The molecule has 0 aliphatic heterocycles. The van der Waals surface area contributed by atoms with E-state index in [0.717, 1.165) is 17.5 Å². The van der Waals surface area contributed by atoms with Crippen LogP contribution in [-0.4, -0.2) is 22.5 Å². The van der Waals surface area contributed by atoms with Crippen molar-refractivity contribution in [3.05, 3.63) is 96.1 Å². The first-order valence-electron chi connectivity index (χ1n) is 10.5. The zero-order valence-electron chi connectivity index (χ0n) is 17.1. The van der Waals surface area contributed by atoms with Crippen LogP contribution in [0.3, 0.4) is 0 Å². The lowest BCUT2D eigenvalue weighted by Crippen LogP contribution is -2.59. The van der Waals surface area contributed by atoms with Gasteiger partial charge < -0.3 is 14.9 Å². The van der Waals surface area contributed by atoms with Crippen molar-refractivity contribution in [2.45, 2.75) is 32.2 Å². The smallest absolute Gasteiger partial charge is 0.310 e. The predicted molar refractivity (Wildman–Crippen MR) is 115 cm³/mol. The van der Waals surface area contributed by atoms with Gasteiger partial charge in [0.2, 0.25) is 0 Å². The lowest BCUT2D eigenvalue weighted by molar-refractivity contribution is -0.203. The fourth-order valence-corrected chi connectivity index (χ4v) is 5.21. The van der Waals surface area contributed by atoms with Crippen LogP contribution in [0, 0.1) is 23.2 Å². The molecule has 0 saturated heterocycles. The summed E-state index contributed by atoms with van der Waals surface area (Å²) >= 11 is 0. The minimum Gasteiger partial charge on any atom is -0.461 e. The molecule has 2 N–H and O–H groups in total. The summed E-state index contributed by atoms with van der Waals surface area (Å²) in [5.41, 5.74) is 1.53. The van der Waals surface area contributed by atoms with Crippen LogP contribution >= 0.6 is 0 Å². The van der Waals surface area contributed by atoms with Gasteiger partial charge in [0.25, 0.3) is 0 Å². The van der Waals surface area contributed by atoms with E-state index in [0.29, 0.717) is 0 Å². The van der Waals surface area contributed by atoms with Gasteiger partial charge in [0.1, 0.15) is 6.61 Å². The zero-order chi connectivity index (χ0) is 21.1. The Hall–Kier alpha value is -2.69. The number of ether oxygens (including phenoxy) is 1. The first-order chi connectivity index (χ1) is 14.5. The summed E-state index contributed by atoms with van der Waals surface area (Å²) in [4.78, 5) is 13.3. The molecule has 4 nitrogen and oxygen atoms in total. The number of esters is 1. The second-order valence-corrected chi connectivity index (χ2v) is 8.57. The number of carbonyl (C=O) groups is 1. The van der Waals surface area contributed by atoms with Crippen molar-refractivity contribution in [1.29, 1.82) is 0 Å². The number of hydrogen-bond donors (Lipinski definition) is 2. The maximum atomic E-state index is 13.3. The molecule has 30 heavy (non-hydrogen) atoms. The SMILES string of the molecule is CC1([C@H]2[C@@H](C(=O)OCc3ccccc3)[C@H](c3ccccc3)[C@@H]2C(O)O)C=CC=CC1. The van der Waals surface area contributed by atoms with Crippen LogP contribution in [0.15, 0.2) is 85.0 Å². The topological polar surface area (TPSA) is 66.8 Å². The molecule has 2 aliphatic carbocycles. The van der Waals surface area contributed by atoms with Gasteiger partial charge in [-0.2, -0.15) is 0 Å².